The van der Waals surface area contributed by atoms with Crippen LogP contribution in [0.5, 0.6) is 0 Å². The van der Waals surface area contributed by atoms with Crippen molar-refractivity contribution in [2.45, 2.75) is 12.8 Å². The van der Waals surface area contributed by atoms with Crippen molar-refractivity contribution in [3.8, 4) is 0 Å². The van der Waals surface area contributed by atoms with Gasteiger partial charge in [-0.2, -0.15) is 0 Å². The standard InChI is InChI=1S/C6H13NO4/c1-4-7-6(10-2,11-3)5(8)9/h7H,4H2,1-3H3,(H,8,9). The molecule has 0 saturated carbocycles. The molecule has 0 fully saturated rings. The maximum atomic E-state index is 10.6. The van der Waals surface area contributed by atoms with Gasteiger partial charge in [0, 0.05) is 14.2 Å². The van der Waals surface area contributed by atoms with Crippen LogP contribution in [0.25, 0.3) is 0 Å². The number of carboxylic acids is 1. The van der Waals surface area contributed by atoms with Crippen LogP contribution in [0.1, 0.15) is 6.92 Å². The van der Waals surface area contributed by atoms with E-state index in [1.54, 1.807) is 6.92 Å². The number of methoxy groups -OCH3 is 2. The maximum absolute atomic E-state index is 10.6. The molecule has 5 nitrogen and oxygen atoms in total. The van der Waals surface area contributed by atoms with Gasteiger partial charge in [-0.05, 0) is 6.54 Å². The van der Waals surface area contributed by atoms with Crippen LogP contribution in [0.2, 0.25) is 0 Å². The van der Waals surface area contributed by atoms with Crippen LogP contribution in [0.15, 0.2) is 0 Å². The van der Waals surface area contributed by atoms with E-state index < -0.39 is 11.9 Å². The average molecular weight is 163 g/mol. The van der Waals surface area contributed by atoms with E-state index in [0.29, 0.717) is 6.54 Å². The maximum Gasteiger partial charge on any atom is 0.381 e. The monoisotopic (exact) mass is 163 g/mol. The number of rotatable bonds is 5. The number of carbonyl (C=O) groups is 1. The van der Waals surface area contributed by atoms with Crippen molar-refractivity contribution in [2.75, 3.05) is 20.8 Å². The Hall–Kier alpha value is -0.650. The molecule has 0 bridgehead atoms. The van der Waals surface area contributed by atoms with Gasteiger partial charge in [0.15, 0.2) is 0 Å². The van der Waals surface area contributed by atoms with Gasteiger partial charge < -0.3 is 14.6 Å². The topological polar surface area (TPSA) is 67.8 Å². The summed E-state index contributed by atoms with van der Waals surface area (Å²) in [5, 5.41) is 11.2. The van der Waals surface area contributed by atoms with Crippen LogP contribution in [0.3, 0.4) is 0 Å². The second-order valence-electron chi connectivity index (χ2n) is 1.86. The Kier molecular flexibility index (Phi) is 4.02. The lowest BCUT2D eigenvalue weighted by Gasteiger charge is -2.25. The van der Waals surface area contributed by atoms with Gasteiger partial charge in [0.05, 0.1) is 0 Å². The Morgan fingerprint density at radius 3 is 2.09 bits per heavy atom. The van der Waals surface area contributed by atoms with Gasteiger partial charge in [-0.25, -0.2) is 4.79 Å². The Balaban J connectivity index is 4.32. The van der Waals surface area contributed by atoms with Crippen LogP contribution in [-0.4, -0.2) is 37.8 Å². The number of hydrogen-bond acceptors (Lipinski definition) is 4. The van der Waals surface area contributed by atoms with Crippen molar-refractivity contribution in [1.82, 2.24) is 5.32 Å². The third-order valence-corrected chi connectivity index (χ3v) is 1.27. The van der Waals surface area contributed by atoms with Gasteiger partial charge >= 0.3 is 11.9 Å². The minimum Gasteiger partial charge on any atom is -0.476 e. The summed E-state index contributed by atoms with van der Waals surface area (Å²) in [6.45, 7) is 2.21. The lowest BCUT2D eigenvalue weighted by atomic mass is 10.4. The zero-order valence-corrected chi connectivity index (χ0v) is 6.88. The number of likely N-dealkylation sites (N-methyl/N-ethyl adjacent to an activating group) is 1. The van der Waals surface area contributed by atoms with Crippen LogP contribution in [0.4, 0.5) is 0 Å². The first-order chi connectivity index (χ1) is 5.13. The predicted molar refractivity (Wildman–Crippen MR) is 38.1 cm³/mol. The van der Waals surface area contributed by atoms with Crippen LogP contribution in [0, 0.1) is 0 Å². The highest BCUT2D eigenvalue weighted by molar-refractivity contribution is 5.75. The average Bonchev–Trinajstić information content (AvgIpc) is 2.00. The molecule has 0 spiro atoms. The number of carboxylic acid groups (broad SMARTS) is 1. The first kappa shape index (κ1) is 10.3. The van der Waals surface area contributed by atoms with Gasteiger partial charge in [0.25, 0.3) is 0 Å². The molecule has 0 rings (SSSR count). The van der Waals surface area contributed by atoms with Crippen molar-refractivity contribution < 1.29 is 19.4 Å². The van der Waals surface area contributed by atoms with Crippen LogP contribution >= 0.6 is 0 Å². The first-order valence-electron chi connectivity index (χ1n) is 3.21. The summed E-state index contributed by atoms with van der Waals surface area (Å²) in [5.74, 6) is -2.89. The molecule has 11 heavy (non-hydrogen) atoms. The van der Waals surface area contributed by atoms with E-state index in [1.165, 1.54) is 14.2 Å². The molecule has 5 heteroatoms. The van der Waals surface area contributed by atoms with Crippen molar-refractivity contribution in [3.05, 3.63) is 0 Å². The van der Waals surface area contributed by atoms with Gasteiger partial charge in [-0.3, -0.25) is 5.32 Å². The first-order valence-corrected chi connectivity index (χ1v) is 3.21. The SMILES string of the molecule is CCNC(OC)(OC)C(=O)O. The molecule has 0 aromatic heterocycles. The van der Waals surface area contributed by atoms with E-state index >= 15 is 0 Å². The fourth-order valence-corrected chi connectivity index (χ4v) is 0.711. The normalized spacial score (nSPS) is 11.5. The Bertz CT molecular complexity index is 133. The molecule has 0 aliphatic heterocycles. The molecule has 0 amide bonds. The third kappa shape index (κ3) is 2.14. The molecule has 0 aromatic rings. The minimum absolute atomic E-state index is 0.452. The fourth-order valence-electron chi connectivity index (χ4n) is 0.711. The number of nitrogens with one attached hydrogen (secondary N) is 1. The van der Waals surface area contributed by atoms with E-state index in [2.05, 4.69) is 14.8 Å². The van der Waals surface area contributed by atoms with E-state index in [-0.39, 0.29) is 0 Å². The van der Waals surface area contributed by atoms with Gasteiger partial charge in [-0.1, -0.05) is 6.92 Å². The lowest BCUT2D eigenvalue weighted by Crippen LogP contribution is -2.55. The molecule has 2 N–H and O–H groups in total. The summed E-state index contributed by atoms with van der Waals surface area (Å²) in [5.41, 5.74) is 0. The summed E-state index contributed by atoms with van der Waals surface area (Å²) < 4.78 is 9.31. The van der Waals surface area contributed by atoms with Crippen LogP contribution in [-0.2, 0) is 14.3 Å². The zero-order valence-electron chi connectivity index (χ0n) is 6.88. The third-order valence-electron chi connectivity index (χ3n) is 1.27. The molecular weight excluding hydrogens is 150 g/mol. The Morgan fingerprint density at radius 2 is 2.00 bits per heavy atom. The number of hydrogen-bond donors (Lipinski definition) is 2. The largest absolute Gasteiger partial charge is 0.476 e. The van der Waals surface area contributed by atoms with Crippen molar-refractivity contribution in [3.63, 3.8) is 0 Å². The molecule has 0 atom stereocenters. The molecule has 0 aliphatic rings. The highest BCUT2D eigenvalue weighted by atomic mass is 16.7. The number of ether oxygens (including phenoxy) is 2. The second-order valence-corrected chi connectivity index (χ2v) is 1.86. The molecular formula is C6H13NO4. The fraction of sp³-hybridized carbons (Fsp3) is 0.833. The second kappa shape index (κ2) is 4.27. The highest BCUT2D eigenvalue weighted by Crippen LogP contribution is 2.05. The molecule has 0 heterocycles. The molecule has 0 aliphatic carbocycles. The predicted octanol–water partition coefficient (Wildman–Crippen LogP) is -0.373. The van der Waals surface area contributed by atoms with Crippen LogP contribution < -0.4 is 5.32 Å². The van der Waals surface area contributed by atoms with E-state index in [4.69, 9.17) is 5.11 Å². The smallest absolute Gasteiger partial charge is 0.381 e. The van der Waals surface area contributed by atoms with Gasteiger partial charge in [0.2, 0.25) is 0 Å². The van der Waals surface area contributed by atoms with Gasteiger partial charge in [0.1, 0.15) is 0 Å². The minimum atomic E-state index is -1.70. The van der Waals surface area contributed by atoms with Crippen molar-refractivity contribution in [2.24, 2.45) is 0 Å². The quantitative estimate of drug-likeness (QED) is 0.541. The molecule has 0 unspecified atom stereocenters. The lowest BCUT2D eigenvalue weighted by molar-refractivity contribution is -0.237. The van der Waals surface area contributed by atoms with Crippen molar-refractivity contribution in [1.29, 1.82) is 0 Å². The summed E-state index contributed by atoms with van der Waals surface area (Å²) in [4.78, 5) is 10.6. The number of aliphatic carboxylic acids is 1. The van der Waals surface area contributed by atoms with E-state index in [9.17, 15) is 4.79 Å². The Morgan fingerprint density at radius 1 is 1.55 bits per heavy atom. The molecule has 0 saturated heterocycles. The molecule has 0 aromatic carbocycles. The van der Waals surface area contributed by atoms with E-state index in [0.717, 1.165) is 0 Å². The summed E-state index contributed by atoms with van der Waals surface area (Å²) in [7, 11) is 2.53. The Labute approximate surface area is 65.3 Å². The van der Waals surface area contributed by atoms with Crippen molar-refractivity contribution >= 4 is 5.97 Å². The highest BCUT2D eigenvalue weighted by Gasteiger charge is 2.38. The molecule has 66 valence electrons. The zero-order chi connectivity index (χ0) is 8.91. The summed E-state index contributed by atoms with van der Waals surface area (Å²) in [6, 6.07) is 0. The summed E-state index contributed by atoms with van der Waals surface area (Å²) >= 11 is 0. The van der Waals surface area contributed by atoms with Gasteiger partial charge in [-0.15, -0.1) is 0 Å². The van der Waals surface area contributed by atoms with E-state index in [1.807, 2.05) is 0 Å². The summed E-state index contributed by atoms with van der Waals surface area (Å²) in [6.07, 6.45) is 0. The molecule has 0 radical (unpaired) electrons.